The van der Waals surface area contributed by atoms with Gasteiger partial charge in [-0.05, 0) is 51.4 Å². The fourth-order valence-electron chi connectivity index (χ4n) is 6.87. The van der Waals surface area contributed by atoms with Crippen LogP contribution >= 0.6 is 0 Å². The number of aliphatic hydroxyl groups excluding tert-OH is 2. The molecule has 0 aromatic carbocycles. The van der Waals surface area contributed by atoms with E-state index in [1.54, 1.807) is 6.08 Å². The highest BCUT2D eigenvalue weighted by atomic mass is 16.5. The van der Waals surface area contributed by atoms with Crippen LogP contribution < -0.4 is 5.32 Å². The van der Waals surface area contributed by atoms with Crippen molar-refractivity contribution in [2.24, 2.45) is 0 Å². The second-order valence-electron chi connectivity index (χ2n) is 15.7. The van der Waals surface area contributed by atoms with Crippen molar-refractivity contribution in [1.29, 1.82) is 0 Å². The van der Waals surface area contributed by atoms with Gasteiger partial charge in [-0.2, -0.15) is 0 Å². The van der Waals surface area contributed by atoms with Gasteiger partial charge in [0.1, 0.15) is 0 Å². The molecule has 0 rings (SSSR count). The molecular weight excluding hydrogens is 659 g/mol. The number of hydrogen-bond acceptors (Lipinski definition) is 5. The van der Waals surface area contributed by atoms with Crippen LogP contribution in [-0.4, -0.2) is 47.4 Å². The van der Waals surface area contributed by atoms with Crippen molar-refractivity contribution in [3.8, 4) is 0 Å². The van der Waals surface area contributed by atoms with Crippen LogP contribution in [0.1, 0.15) is 239 Å². The first-order valence-corrected chi connectivity index (χ1v) is 23.1. The molecule has 0 radical (unpaired) electrons. The molecule has 0 saturated heterocycles. The molecule has 312 valence electrons. The molecule has 53 heavy (non-hydrogen) atoms. The molecule has 0 fully saturated rings. The van der Waals surface area contributed by atoms with Crippen LogP contribution in [-0.2, 0) is 14.3 Å². The lowest BCUT2D eigenvalue weighted by Gasteiger charge is -2.19. The Bertz CT molecular complexity index is 828. The van der Waals surface area contributed by atoms with E-state index in [-0.39, 0.29) is 18.5 Å². The molecule has 0 aliphatic rings. The van der Waals surface area contributed by atoms with Gasteiger partial charge in [0, 0.05) is 12.8 Å². The number of esters is 1. The molecule has 2 atom stereocenters. The standard InChI is InChI=1S/C47H89NO5/c1-3-5-7-9-11-13-15-16-17-18-19-20-21-25-29-33-37-41-47(52)53-42-38-34-30-26-22-24-28-32-36-40-46(51)48-44(43-49)45(50)39-35-31-27-23-14-12-10-8-6-4-2/h24,28,35,39,44-45,49-50H,3-23,25-27,29-34,36-38,40-43H2,1-2H3,(H,48,51)/b28-24-,39-35+. The highest BCUT2D eigenvalue weighted by Gasteiger charge is 2.17. The Morgan fingerprint density at radius 1 is 0.509 bits per heavy atom. The quantitative estimate of drug-likeness (QED) is 0.0328. The summed E-state index contributed by atoms with van der Waals surface area (Å²) in [7, 11) is 0. The summed E-state index contributed by atoms with van der Waals surface area (Å²) < 4.78 is 5.43. The molecule has 6 nitrogen and oxygen atoms in total. The molecule has 0 aliphatic carbocycles. The van der Waals surface area contributed by atoms with Gasteiger partial charge in [0.2, 0.25) is 5.91 Å². The Balaban J connectivity index is 3.53. The van der Waals surface area contributed by atoms with Crippen LogP contribution in [0.25, 0.3) is 0 Å². The number of ether oxygens (including phenoxy) is 1. The molecule has 2 unspecified atom stereocenters. The van der Waals surface area contributed by atoms with Crippen molar-refractivity contribution < 1.29 is 24.5 Å². The molecule has 0 heterocycles. The van der Waals surface area contributed by atoms with Gasteiger partial charge in [0.05, 0.1) is 25.4 Å². The van der Waals surface area contributed by atoms with Gasteiger partial charge in [-0.25, -0.2) is 0 Å². The smallest absolute Gasteiger partial charge is 0.305 e. The maximum Gasteiger partial charge on any atom is 0.305 e. The Labute approximate surface area is 329 Å². The van der Waals surface area contributed by atoms with E-state index in [4.69, 9.17) is 4.74 Å². The van der Waals surface area contributed by atoms with Crippen molar-refractivity contribution in [3.05, 3.63) is 24.3 Å². The van der Waals surface area contributed by atoms with E-state index in [1.807, 2.05) is 6.08 Å². The summed E-state index contributed by atoms with van der Waals surface area (Å²) in [5.74, 6) is -0.166. The first kappa shape index (κ1) is 51.3. The topological polar surface area (TPSA) is 95.9 Å². The average molecular weight is 748 g/mol. The van der Waals surface area contributed by atoms with Crippen molar-refractivity contribution in [2.45, 2.75) is 251 Å². The van der Waals surface area contributed by atoms with Crippen LogP contribution in [0.15, 0.2) is 24.3 Å². The molecule has 0 bridgehead atoms. The molecule has 0 spiro atoms. The Hall–Kier alpha value is -1.66. The minimum absolute atomic E-state index is 0.0354. The van der Waals surface area contributed by atoms with E-state index in [0.717, 1.165) is 70.6 Å². The van der Waals surface area contributed by atoms with Crippen molar-refractivity contribution in [3.63, 3.8) is 0 Å². The lowest BCUT2D eigenvalue weighted by Crippen LogP contribution is -2.45. The predicted octanol–water partition coefficient (Wildman–Crippen LogP) is 13.2. The molecule has 6 heteroatoms. The molecule has 1 amide bonds. The van der Waals surface area contributed by atoms with Gasteiger partial charge in [0.25, 0.3) is 0 Å². The third-order valence-electron chi connectivity index (χ3n) is 10.5. The molecule has 0 aromatic heterocycles. The van der Waals surface area contributed by atoms with Crippen molar-refractivity contribution in [1.82, 2.24) is 5.32 Å². The lowest BCUT2D eigenvalue weighted by atomic mass is 10.0. The minimum atomic E-state index is -0.872. The zero-order valence-electron chi connectivity index (χ0n) is 35.2. The van der Waals surface area contributed by atoms with E-state index in [1.165, 1.54) is 141 Å². The second-order valence-corrected chi connectivity index (χ2v) is 15.7. The largest absolute Gasteiger partial charge is 0.466 e. The summed E-state index contributed by atoms with van der Waals surface area (Å²) in [6.07, 6.45) is 48.9. The summed E-state index contributed by atoms with van der Waals surface area (Å²) in [4.78, 5) is 24.3. The third-order valence-corrected chi connectivity index (χ3v) is 10.5. The van der Waals surface area contributed by atoms with Crippen molar-refractivity contribution >= 4 is 11.9 Å². The number of carbonyl (C=O) groups is 2. The van der Waals surface area contributed by atoms with E-state index < -0.39 is 12.1 Å². The van der Waals surface area contributed by atoms with Gasteiger partial charge < -0.3 is 20.3 Å². The Kier molecular flexibility index (Phi) is 41.7. The first-order chi connectivity index (χ1) is 26.0. The molecule has 0 aliphatic heterocycles. The van der Waals surface area contributed by atoms with E-state index in [0.29, 0.717) is 19.4 Å². The van der Waals surface area contributed by atoms with Crippen LogP contribution in [0.4, 0.5) is 0 Å². The number of rotatable bonds is 42. The number of carbonyl (C=O) groups excluding carboxylic acids is 2. The highest BCUT2D eigenvalue weighted by molar-refractivity contribution is 5.76. The summed E-state index contributed by atoms with van der Waals surface area (Å²) >= 11 is 0. The molecule has 3 N–H and O–H groups in total. The van der Waals surface area contributed by atoms with E-state index in [2.05, 4.69) is 31.3 Å². The lowest BCUT2D eigenvalue weighted by molar-refractivity contribution is -0.143. The maximum atomic E-state index is 12.3. The monoisotopic (exact) mass is 748 g/mol. The average Bonchev–Trinajstić information content (AvgIpc) is 3.16. The summed E-state index contributed by atoms with van der Waals surface area (Å²) in [6.45, 7) is 4.78. The fraction of sp³-hybridized carbons (Fsp3) is 0.872. The summed E-state index contributed by atoms with van der Waals surface area (Å²) in [5.41, 5.74) is 0. The number of allylic oxidation sites excluding steroid dienone is 3. The maximum absolute atomic E-state index is 12.3. The molecule has 0 aromatic rings. The van der Waals surface area contributed by atoms with E-state index >= 15 is 0 Å². The number of aliphatic hydroxyl groups is 2. The number of unbranched alkanes of at least 4 members (excludes halogenated alkanes) is 29. The minimum Gasteiger partial charge on any atom is -0.466 e. The van der Waals surface area contributed by atoms with Crippen LogP contribution in [0.3, 0.4) is 0 Å². The predicted molar refractivity (Wildman–Crippen MR) is 227 cm³/mol. The SMILES string of the molecule is CCCCCCCCCC/C=C/C(O)C(CO)NC(=O)CCC/C=C\CCCCCCOC(=O)CCCCCCCCCCCCCCCCCCC. The zero-order chi connectivity index (χ0) is 38.7. The summed E-state index contributed by atoms with van der Waals surface area (Å²) in [6, 6.07) is -0.662. The Morgan fingerprint density at radius 3 is 1.38 bits per heavy atom. The number of nitrogens with one attached hydrogen (secondary N) is 1. The van der Waals surface area contributed by atoms with Gasteiger partial charge in [-0.3, -0.25) is 9.59 Å². The fourth-order valence-corrected chi connectivity index (χ4v) is 6.87. The Morgan fingerprint density at radius 2 is 0.906 bits per heavy atom. The first-order valence-electron chi connectivity index (χ1n) is 23.1. The third kappa shape index (κ3) is 39.8. The van der Waals surface area contributed by atoms with Gasteiger partial charge in [-0.15, -0.1) is 0 Å². The van der Waals surface area contributed by atoms with Crippen LogP contribution in [0, 0.1) is 0 Å². The number of hydrogen-bond donors (Lipinski definition) is 3. The van der Waals surface area contributed by atoms with Crippen LogP contribution in [0.2, 0.25) is 0 Å². The van der Waals surface area contributed by atoms with Gasteiger partial charge in [-0.1, -0.05) is 199 Å². The van der Waals surface area contributed by atoms with Crippen LogP contribution in [0.5, 0.6) is 0 Å². The molecule has 0 saturated carbocycles. The van der Waals surface area contributed by atoms with Crippen molar-refractivity contribution in [2.75, 3.05) is 13.2 Å². The van der Waals surface area contributed by atoms with Gasteiger partial charge in [0.15, 0.2) is 0 Å². The summed E-state index contributed by atoms with van der Waals surface area (Å²) in [5, 5.41) is 22.8. The van der Waals surface area contributed by atoms with Gasteiger partial charge >= 0.3 is 5.97 Å². The number of amides is 1. The van der Waals surface area contributed by atoms with E-state index in [9.17, 15) is 19.8 Å². The highest BCUT2D eigenvalue weighted by Crippen LogP contribution is 2.15. The zero-order valence-corrected chi connectivity index (χ0v) is 35.2. The second kappa shape index (κ2) is 43.1. The molecular formula is C47H89NO5. The normalized spacial score (nSPS) is 12.9.